The summed E-state index contributed by atoms with van der Waals surface area (Å²) in [6.45, 7) is 3.57. The van der Waals surface area contributed by atoms with E-state index in [-0.39, 0.29) is 18.6 Å². The molecule has 2 rings (SSSR count). The first-order valence-electron chi connectivity index (χ1n) is 8.28. The summed E-state index contributed by atoms with van der Waals surface area (Å²) in [5.41, 5.74) is 1.26. The lowest BCUT2D eigenvalue weighted by Gasteiger charge is -2.09. The van der Waals surface area contributed by atoms with E-state index in [0.29, 0.717) is 22.7 Å². The number of carbonyl (C=O) groups excluding carboxylic acids is 3. The number of hydrogen-bond donors (Lipinski definition) is 2. The molecule has 0 saturated heterocycles. The van der Waals surface area contributed by atoms with Crippen LogP contribution in [0.2, 0.25) is 0 Å². The fourth-order valence-corrected chi connectivity index (χ4v) is 2.06. The zero-order chi connectivity index (χ0) is 19.8. The van der Waals surface area contributed by atoms with E-state index in [1.807, 2.05) is 13.8 Å². The number of aromatic nitrogens is 1. The van der Waals surface area contributed by atoms with Crippen molar-refractivity contribution in [2.75, 3.05) is 19.0 Å². The van der Waals surface area contributed by atoms with Gasteiger partial charge in [0, 0.05) is 23.5 Å². The molecule has 0 aliphatic rings. The van der Waals surface area contributed by atoms with Crippen LogP contribution in [0.4, 0.5) is 5.69 Å². The number of amides is 2. The zero-order valence-electron chi connectivity index (χ0n) is 15.3. The van der Waals surface area contributed by atoms with Crippen molar-refractivity contribution >= 4 is 23.5 Å². The minimum atomic E-state index is -0.536. The fourth-order valence-electron chi connectivity index (χ4n) is 2.06. The molecule has 142 valence electrons. The summed E-state index contributed by atoms with van der Waals surface area (Å²) < 4.78 is 9.89. The second-order valence-corrected chi connectivity index (χ2v) is 5.84. The number of hydrogen-bond acceptors (Lipinski definition) is 6. The average molecular weight is 371 g/mol. The molecule has 0 aliphatic heterocycles. The van der Waals surface area contributed by atoms with Gasteiger partial charge in [-0.2, -0.15) is 0 Å². The molecule has 0 bridgehead atoms. The second-order valence-electron chi connectivity index (χ2n) is 5.84. The highest BCUT2D eigenvalue weighted by molar-refractivity contribution is 6.04. The van der Waals surface area contributed by atoms with E-state index in [4.69, 9.17) is 4.74 Å². The van der Waals surface area contributed by atoms with Crippen LogP contribution in [0.15, 0.2) is 42.6 Å². The maximum absolute atomic E-state index is 12.3. The first-order chi connectivity index (χ1) is 12.9. The summed E-state index contributed by atoms with van der Waals surface area (Å²) in [6.07, 6.45) is 1.43. The van der Waals surface area contributed by atoms with Gasteiger partial charge in [-0.05, 0) is 44.2 Å². The number of esters is 1. The fraction of sp³-hybridized carbons (Fsp3) is 0.263. The molecule has 0 unspecified atom stereocenters. The van der Waals surface area contributed by atoms with E-state index < -0.39 is 11.9 Å². The van der Waals surface area contributed by atoms with Crippen LogP contribution in [0.5, 0.6) is 5.88 Å². The SMILES string of the molecule is COC(=O)CNC(=O)c1ccc(NC(=O)c2ccc(OC(C)C)nc2)cc1. The molecular formula is C19H21N3O5. The van der Waals surface area contributed by atoms with Gasteiger partial charge in [0.1, 0.15) is 6.54 Å². The van der Waals surface area contributed by atoms with Gasteiger partial charge >= 0.3 is 5.97 Å². The molecule has 0 radical (unpaired) electrons. The van der Waals surface area contributed by atoms with Gasteiger partial charge in [0.25, 0.3) is 11.8 Å². The molecule has 1 aromatic carbocycles. The molecule has 0 saturated carbocycles. The molecule has 1 heterocycles. The van der Waals surface area contributed by atoms with E-state index in [9.17, 15) is 14.4 Å². The third-order valence-corrected chi connectivity index (χ3v) is 3.38. The predicted octanol–water partition coefficient (Wildman–Crippen LogP) is 2.02. The smallest absolute Gasteiger partial charge is 0.325 e. The Morgan fingerprint density at radius 2 is 1.67 bits per heavy atom. The van der Waals surface area contributed by atoms with Crippen LogP contribution in [0.3, 0.4) is 0 Å². The van der Waals surface area contributed by atoms with Gasteiger partial charge in [-0.1, -0.05) is 0 Å². The van der Waals surface area contributed by atoms with Crippen LogP contribution in [-0.2, 0) is 9.53 Å². The Morgan fingerprint density at radius 1 is 1.00 bits per heavy atom. The number of ether oxygens (including phenoxy) is 2. The van der Waals surface area contributed by atoms with Crippen molar-refractivity contribution < 1.29 is 23.9 Å². The van der Waals surface area contributed by atoms with Gasteiger partial charge in [0.15, 0.2) is 0 Å². The Kier molecular flexibility index (Phi) is 6.87. The van der Waals surface area contributed by atoms with E-state index >= 15 is 0 Å². The molecule has 0 fully saturated rings. The summed E-state index contributed by atoms with van der Waals surface area (Å²) in [7, 11) is 1.24. The Hall–Kier alpha value is -3.42. The topological polar surface area (TPSA) is 107 Å². The van der Waals surface area contributed by atoms with Gasteiger partial charge in [0.2, 0.25) is 5.88 Å². The number of carbonyl (C=O) groups is 3. The molecule has 2 amide bonds. The molecular weight excluding hydrogens is 350 g/mol. The van der Waals surface area contributed by atoms with Crippen LogP contribution < -0.4 is 15.4 Å². The Balaban J connectivity index is 1.94. The van der Waals surface area contributed by atoms with Crippen LogP contribution in [0, 0.1) is 0 Å². The average Bonchev–Trinajstić information content (AvgIpc) is 2.66. The minimum absolute atomic E-state index is 0.000472. The molecule has 27 heavy (non-hydrogen) atoms. The van der Waals surface area contributed by atoms with Gasteiger partial charge < -0.3 is 20.1 Å². The summed E-state index contributed by atoms with van der Waals surface area (Å²) in [6, 6.07) is 9.52. The standard InChI is InChI=1S/C19H21N3O5/c1-12(2)27-16-9-6-14(10-20-16)19(25)22-15-7-4-13(5-8-15)18(24)21-11-17(23)26-3/h4-10,12H,11H2,1-3H3,(H,21,24)(H,22,25). The van der Waals surface area contributed by atoms with Gasteiger partial charge in [-0.25, -0.2) is 4.98 Å². The maximum Gasteiger partial charge on any atom is 0.325 e. The van der Waals surface area contributed by atoms with Crippen LogP contribution >= 0.6 is 0 Å². The molecule has 2 N–H and O–H groups in total. The third-order valence-electron chi connectivity index (χ3n) is 3.38. The third kappa shape index (κ3) is 6.10. The minimum Gasteiger partial charge on any atom is -0.475 e. The number of rotatable bonds is 7. The van der Waals surface area contributed by atoms with Gasteiger partial charge in [0.05, 0.1) is 18.8 Å². The number of benzene rings is 1. The van der Waals surface area contributed by atoms with Crippen molar-refractivity contribution in [3.05, 3.63) is 53.7 Å². The number of methoxy groups -OCH3 is 1. The normalized spacial score (nSPS) is 10.2. The number of pyridine rings is 1. The molecule has 0 atom stereocenters. The highest BCUT2D eigenvalue weighted by atomic mass is 16.5. The van der Waals surface area contributed by atoms with Gasteiger partial charge in [-0.3, -0.25) is 14.4 Å². The quantitative estimate of drug-likeness (QED) is 0.721. The summed E-state index contributed by atoms with van der Waals surface area (Å²) >= 11 is 0. The molecule has 2 aromatic rings. The summed E-state index contributed by atoms with van der Waals surface area (Å²) in [5.74, 6) is -0.834. The van der Waals surface area contributed by atoms with Crippen molar-refractivity contribution in [3.8, 4) is 5.88 Å². The summed E-state index contributed by atoms with van der Waals surface area (Å²) in [4.78, 5) is 39.3. The lowest BCUT2D eigenvalue weighted by atomic mass is 10.2. The number of nitrogens with one attached hydrogen (secondary N) is 2. The molecule has 8 heteroatoms. The Morgan fingerprint density at radius 3 is 2.22 bits per heavy atom. The Labute approximate surface area is 156 Å². The van der Waals surface area contributed by atoms with Crippen molar-refractivity contribution in [3.63, 3.8) is 0 Å². The maximum atomic E-state index is 12.3. The first-order valence-corrected chi connectivity index (χ1v) is 8.28. The van der Waals surface area contributed by atoms with Crippen molar-refractivity contribution in [2.45, 2.75) is 20.0 Å². The van der Waals surface area contributed by atoms with Crippen molar-refractivity contribution in [2.24, 2.45) is 0 Å². The lowest BCUT2D eigenvalue weighted by Crippen LogP contribution is -2.30. The van der Waals surface area contributed by atoms with E-state index in [1.54, 1.807) is 36.4 Å². The number of anilines is 1. The summed E-state index contributed by atoms with van der Waals surface area (Å²) in [5, 5.41) is 5.15. The number of nitrogens with zero attached hydrogens (tertiary/aromatic N) is 1. The monoisotopic (exact) mass is 371 g/mol. The Bertz CT molecular complexity index is 801. The highest BCUT2D eigenvalue weighted by Gasteiger charge is 2.10. The second kappa shape index (κ2) is 9.33. The first kappa shape index (κ1) is 19.9. The van der Waals surface area contributed by atoms with Crippen molar-refractivity contribution in [1.82, 2.24) is 10.3 Å². The molecule has 1 aromatic heterocycles. The lowest BCUT2D eigenvalue weighted by molar-refractivity contribution is -0.139. The molecule has 8 nitrogen and oxygen atoms in total. The van der Waals surface area contributed by atoms with Crippen LogP contribution in [-0.4, -0.2) is 42.5 Å². The van der Waals surface area contributed by atoms with Crippen molar-refractivity contribution in [1.29, 1.82) is 0 Å². The largest absolute Gasteiger partial charge is 0.475 e. The highest BCUT2D eigenvalue weighted by Crippen LogP contribution is 2.13. The van der Waals surface area contributed by atoms with Gasteiger partial charge in [-0.15, -0.1) is 0 Å². The van der Waals surface area contributed by atoms with Crippen LogP contribution in [0.1, 0.15) is 34.6 Å². The van der Waals surface area contributed by atoms with E-state index in [2.05, 4.69) is 20.4 Å². The predicted molar refractivity (Wildman–Crippen MR) is 98.7 cm³/mol. The zero-order valence-corrected chi connectivity index (χ0v) is 15.3. The van der Waals surface area contributed by atoms with Crippen LogP contribution in [0.25, 0.3) is 0 Å². The van der Waals surface area contributed by atoms with E-state index in [0.717, 1.165) is 0 Å². The molecule has 0 aliphatic carbocycles. The van der Waals surface area contributed by atoms with E-state index in [1.165, 1.54) is 13.3 Å². The molecule has 0 spiro atoms.